The van der Waals surface area contributed by atoms with Crippen LogP contribution in [0.2, 0.25) is 0 Å². The third-order valence-electron chi connectivity index (χ3n) is 3.86. The summed E-state index contributed by atoms with van der Waals surface area (Å²) < 4.78 is 19.3. The van der Waals surface area contributed by atoms with E-state index in [4.69, 9.17) is 4.74 Å². The van der Waals surface area contributed by atoms with E-state index in [0.29, 0.717) is 17.0 Å². The van der Waals surface area contributed by atoms with Gasteiger partial charge in [0.05, 0.1) is 12.1 Å². The lowest BCUT2D eigenvalue weighted by atomic mass is 10.1. The van der Waals surface area contributed by atoms with E-state index in [1.807, 2.05) is 0 Å². The minimum atomic E-state index is -0.893. The molecule has 5 nitrogen and oxygen atoms in total. The summed E-state index contributed by atoms with van der Waals surface area (Å²) in [5.74, 6) is -0.483. The second kappa shape index (κ2) is 6.70. The Kier molecular flexibility index (Phi) is 4.46. The third kappa shape index (κ3) is 3.37. The fourth-order valence-corrected chi connectivity index (χ4v) is 2.51. The first-order chi connectivity index (χ1) is 11.5. The van der Waals surface area contributed by atoms with E-state index >= 15 is 0 Å². The van der Waals surface area contributed by atoms with Crippen LogP contribution in [0.5, 0.6) is 5.75 Å². The number of nitrogens with one attached hydrogen (secondary N) is 1. The van der Waals surface area contributed by atoms with Crippen LogP contribution in [0.4, 0.5) is 10.1 Å². The van der Waals surface area contributed by atoms with Crippen molar-refractivity contribution < 1.29 is 18.7 Å². The van der Waals surface area contributed by atoms with Gasteiger partial charge in [-0.05, 0) is 18.2 Å². The summed E-state index contributed by atoms with van der Waals surface area (Å²) in [4.78, 5) is 25.8. The van der Waals surface area contributed by atoms with Gasteiger partial charge in [0.15, 0.2) is 6.10 Å². The van der Waals surface area contributed by atoms with Crippen molar-refractivity contribution in [1.82, 2.24) is 4.90 Å². The number of amides is 2. The largest absolute Gasteiger partial charge is 0.478 e. The van der Waals surface area contributed by atoms with Gasteiger partial charge in [0, 0.05) is 19.2 Å². The number of hydrogen-bond donors (Lipinski definition) is 1. The molecule has 0 aliphatic carbocycles. The Hall–Kier alpha value is -2.89. The van der Waals surface area contributed by atoms with Crippen molar-refractivity contribution in [2.75, 3.05) is 12.4 Å². The fraction of sp³-hybridized carbons (Fsp3) is 0.222. The summed E-state index contributed by atoms with van der Waals surface area (Å²) in [5.41, 5.74) is 1.01. The minimum absolute atomic E-state index is 0.106. The maximum absolute atomic E-state index is 13.7. The van der Waals surface area contributed by atoms with Gasteiger partial charge in [0.1, 0.15) is 11.6 Å². The van der Waals surface area contributed by atoms with Gasteiger partial charge in [-0.3, -0.25) is 9.59 Å². The maximum Gasteiger partial charge on any atom is 0.266 e. The number of nitrogens with zero attached hydrogens (tertiary/aromatic N) is 1. The molecule has 1 aliphatic rings. The molecule has 0 fully saturated rings. The van der Waals surface area contributed by atoms with Crippen molar-refractivity contribution in [3.8, 4) is 5.75 Å². The summed E-state index contributed by atoms with van der Waals surface area (Å²) >= 11 is 0. The van der Waals surface area contributed by atoms with Crippen LogP contribution in [0.1, 0.15) is 12.0 Å². The van der Waals surface area contributed by atoms with Crippen LogP contribution in [-0.2, 0) is 16.1 Å². The Morgan fingerprint density at radius 2 is 1.92 bits per heavy atom. The topological polar surface area (TPSA) is 58.6 Å². The smallest absolute Gasteiger partial charge is 0.266 e. The molecule has 1 atom stereocenters. The molecule has 2 amide bonds. The zero-order chi connectivity index (χ0) is 17.1. The quantitative estimate of drug-likeness (QED) is 0.938. The fourth-order valence-electron chi connectivity index (χ4n) is 2.51. The van der Waals surface area contributed by atoms with E-state index in [2.05, 4.69) is 5.32 Å². The first kappa shape index (κ1) is 16.0. The lowest BCUT2D eigenvalue weighted by molar-refractivity contribution is -0.136. The summed E-state index contributed by atoms with van der Waals surface area (Å²) in [7, 11) is 1.57. The Bertz CT molecular complexity index is 778. The number of fused-ring (bicyclic) bond motifs is 1. The molecule has 2 aromatic rings. The van der Waals surface area contributed by atoms with E-state index in [9.17, 15) is 14.0 Å². The molecule has 3 rings (SSSR count). The molecule has 6 heteroatoms. The van der Waals surface area contributed by atoms with Crippen molar-refractivity contribution in [3.63, 3.8) is 0 Å². The molecule has 1 N–H and O–H groups in total. The molecule has 1 aliphatic heterocycles. The summed E-state index contributed by atoms with van der Waals surface area (Å²) in [6.45, 7) is 0.135. The van der Waals surface area contributed by atoms with Gasteiger partial charge in [-0.2, -0.15) is 0 Å². The van der Waals surface area contributed by atoms with Crippen molar-refractivity contribution in [3.05, 3.63) is 59.9 Å². The van der Waals surface area contributed by atoms with Crippen molar-refractivity contribution in [1.29, 1.82) is 0 Å². The molecule has 0 saturated heterocycles. The second-order valence-corrected chi connectivity index (χ2v) is 5.64. The Labute approximate surface area is 139 Å². The van der Waals surface area contributed by atoms with Crippen LogP contribution < -0.4 is 10.1 Å². The average Bonchev–Trinajstić information content (AvgIpc) is 2.57. The number of para-hydroxylation sites is 2. The molecule has 0 aromatic heterocycles. The number of hydrogen-bond acceptors (Lipinski definition) is 3. The molecule has 24 heavy (non-hydrogen) atoms. The van der Waals surface area contributed by atoms with Crippen LogP contribution in [0.25, 0.3) is 0 Å². The second-order valence-electron chi connectivity index (χ2n) is 5.64. The molecular weight excluding hydrogens is 311 g/mol. The van der Waals surface area contributed by atoms with Gasteiger partial charge >= 0.3 is 0 Å². The van der Waals surface area contributed by atoms with Gasteiger partial charge in [-0.1, -0.05) is 30.3 Å². The molecule has 0 radical (unpaired) electrons. The normalized spacial score (nSPS) is 15.9. The highest BCUT2D eigenvalue weighted by atomic mass is 19.1. The Morgan fingerprint density at radius 1 is 1.21 bits per heavy atom. The number of halogens is 1. The lowest BCUT2D eigenvalue weighted by Gasteiger charge is -2.27. The van der Waals surface area contributed by atoms with Crippen molar-refractivity contribution in [2.45, 2.75) is 19.1 Å². The first-order valence-corrected chi connectivity index (χ1v) is 7.58. The molecule has 1 heterocycles. The number of ether oxygens (including phenoxy) is 1. The molecule has 0 unspecified atom stereocenters. The highest BCUT2D eigenvalue weighted by Crippen LogP contribution is 2.29. The molecule has 124 valence electrons. The highest BCUT2D eigenvalue weighted by molar-refractivity contribution is 5.99. The Morgan fingerprint density at radius 3 is 2.71 bits per heavy atom. The van der Waals surface area contributed by atoms with E-state index in [1.54, 1.807) is 49.5 Å². The summed E-state index contributed by atoms with van der Waals surface area (Å²) in [5, 5.41) is 2.72. The number of anilines is 1. The van der Waals surface area contributed by atoms with Crippen LogP contribution in [0.3, 0.4) is 0 Å². The highest BCUT2D eigenvalue weighted by Gasteiger charge is 2.30. The van der Waals surface area contributed by atoms with Gasteiger partial charge in [-0.15, -0.1) is 0 Å². The monoisotopic (exact) mass is 328 g/mol. The maximum atomic E-state index is 13.7. The zero-order valence-corrected chi connectivity index (χ0v) is 13.2. The minimum Gasteiger partial charge on any atom is -0.478 e. The number of carbonyl (C=O) groups is 2. The van der Waals surface area contributed by atoms with Gasteiger partial charge in [-0.25, -0.2) is 4.39 Å². The van der Waals surface area contributed by atoms with Crippen molar-refractivity contribution >= 4 is 17.5 Å². The SMILES string of the molecule is CN(Cc1ccccc1F)C(=O)C[C@H]1Oc2ccccc2NC1=O. The van der Waals surface area contributed by atoms with E-state index in [1.165, 1.54) is 11.0 Å². The molecule has 0 saturated carbocycles. The third-order valence-corrected chi connectivity index (χ3v) is 3.86. The van der Waals surface area contributed by atoms with Crippen LogP contribution in [-0.4, -0.2) is 29.9 Å². The Balaban J connectivity index is 1.64. The predicted molar refractivity (Wildman–Crippen MR) is 87.0 cm³/mol. The van der Waals surface area contributed by atoms with Gasteiger partial charge < -0.3 is 15.0 Å². The predicted octanol–water partition coefficient (Wildman–Crippen LogP) is 2.57. The lowest BCUT2D eigenvalue weighted by Crippen LogP contribution is -2.41. The van der Waals surface area contributed by atoms with Crippen molar-refractivity contribution in [2.24, 2.45) is 0 Å². The number of carbonyl (C=O) groups excluding carboxylic acids is 2. The first-order valence-electron chi connectivity index (χ1n) is 7.58. The number of rotatable bonds is 4. The van der Waals surface area contributed by atoms with Crippen LogP contribution >= 0.6 is 0 Å². The van der Waals surface area contributed by atoms with E-state index in [-0.39, 0.29) is 30.6 Å². The van der Waals surface area contributed by atoms with Crippen LogP contribution in [0.15, 0.2) is 48.5 Å². The standard InChI is InChI=1S/C18H17FN2O3/c1-21(11-12-6-2-3-7-13(12)19)17(22)10-16-18(23)20-14-8-4-5-9-15(14)24-16/h2-9,16H,10-11H2,1H3,(H,20,23)/t16-/m1/s1. The molecule has 2 aromatic carbocycles. The summed E-state index contributed by atoms with van der Waals surface area (Å²) in [6.07, 6.45) is -0.999. The average molecular weight is 328 g/mol. The molecule has 0 bridgehead atoms. The zero-order valence-electron chi connectivity index (χ0n) is 13.2. The van der Waals surface area contributed by atoms with Crippen LogP contribution in [0, 0.1) is 5.82 Å². The molecule has 0 spiro atoms. The molecular formula is C18H17FN2O3. The summed E-state index contributed by atoms with van der Waals surface area (Å²) in [6, 6.07) is 13.3. The van der Waals surface area contributed by atoms with E-state index < -0.39 is 6.10 Å². The van der Waals surface area contributed by atoms with Gasteiger partial charge in [0.2, 0.25) is 5.91 Å². The van der Waals surface area contributed by atoms with Gasteiger partial charge in [0.25, 0.3) is 5.91 Å². The number of benzene rings is 2. The van der Waals surface area contributed by atoms with E-state index in [0.717, 1.165) is 0 Å².